The summed E-state index contributed by atoms with van der Waals surface area (Å²) >= 11 is 1.44. The summed E-state index contributed by atoms with van der Waals surface area (Å²) in [4.78, 5) is 38.4. The molecule has 7 nitrogen and oxygen atoms in total. The van der Waals surface area contributed by atoms with E-state index in [0.29, 0.717) is 27.6 Å². The third-order valence-corrected chi connectivity index (χ3v) is 7.22. The Hall–Kier alpha value is -3.39. The standard InChI is InChI=1S/C27H29NO6S/c1-4-16(2)33-27(31)24-21-7-5-6-8-23(21)35-26(24)28-25(30)22-14-13-20(34-22)15-32-19-11-9-18(10-12-19)17(3)29/h9-14,16H,4-8,15H2,1-3H3,(H,28,30). The number of hydrogen-bond donors (Lipinski definition) is 1. The highest BCUT2D eigenvalue weighted by molar-refractivity contribution is 7.17. The number of nitrogens with one attached hydrogen (secondary N) is 1. The van der Waals surface area contributed by atoms with Crippen LogP contribution < -0.4 is 10.1 Å². The molecule has 2 heterocycles. The number of esters is 1. The molecular formula is C27H29NO6S. The monoisotopic (exact) mass is 495 g/mol. The summed E-state index contributed by atoms with van der Waals surface area (Å²) in [7, 11) is 0. The van der Waals surface area contributed by atoms with Crippen molar-refractivity contribution in [3.63, 3.8) is 0 Å². The van der Waals surface area contributed by atoms with Crippen LogP contribution in [-0.2, 0) is 24.2 Å². The molecule has 1 amide bonds. The maximum atomic E-state index is 12.9. The van der Waals surface area contributed by atoms with E-state index < -0.39 is 11.9 Å². The number of fused-ring (bicyclic) bond motifs is 1. The predicted octanol–water partition coefficient (Wildman–Crippen LogP) is 6.21. The lowest BCUT2D eigenvalue weighted by Crippen LogP contribution is -2.18. The van der Waals surface area contributed by atoms with Gasteiger partial charge in [0.1, 0.15) is 23.1 Å². The highest BCUT2D eigenvalue weighted by Crippen LogP contribution is 2.39. The topological polar surface area (TPSA) is 94.8 Å². The molecule has 4 rings (SSSR count). The number of rotatable bonds is 9. The first-order valence-corrected chi connectivity index (χ1v) is 12.7. The Morgan fingerprint density at radius 3 is 2.54 bits per heavy atom. The zero-order valence-electron chi connectivity index (χ0n) is 20.1. The average molecular weight is 496 g/mol. The predicted molar refractivity (Wildman–Crippen MR) is 134 cm³/mol. The van der Waals surface area contributed by atoms with Gasteiger partial charge in [-0.05, 0) is 87.9 Å². The van der Waals surface area contributed by atoms with Crippen LogP contribution in [0.1, 0.15) is 87.5 Å². The van der Waals surface area contributed by atoms with Crippen molar-refractivity contribution in [2.24, 2.45) is 0 Å². The van der Waals surface area contributed by atoms with E-state index in [1.165, 1.54) is 18.3 Å². The van der Waals surface area contributed by atoms with Crippen LogP contribution in [0, 0.1) is 0 Å². The van der Waals surface area contributed by atoms with Crippen molar-refractivity contribution in [2.45, 2.75) is 65.6 Å². The van der Waals surface area contributed by atoms with Crippen LogP contribution in [0.15, 0.2) is 40.8 Å². The number of anilines is 1. The van der Waals surface area contributed by atoms with Gasteiger partial charge in [0.2, 0.25) is 0 Å². The van der Waals surface area contributed by atoms with Crippen molar-refractivity contribution in [2.75, 3.05) is 5.32 Å². The summed E-state index contributed by atoms with van der Waals surface area (Å²) in [5.41, 5.74) is 2.08. The molecule has 0 bridgehead atoms. The van der Waals surface area contributed by atoms with E-state index in [9.17, 15) is 14.4 Å². The minimum Gasteiger partial charge on any atom is -0.486 e. The lowest BCUT2D eigenvalue weighted by molar-refractivity contribution is 0.0334. The van der Waals surface area contributed by atoms with Gasteiger partial charge in [0, 0.05) is 10.4 Å². The van der Waals surface area contributed by atoms with Crippen molar-refractivity contribution >= 4 is 34.0 Å². The molecule has 0 saturated heterocycles. The number of Topliss-reactive ketones (excluding diaryl/α,β-unsaturated/α-hetero) is 1. The molecule has 2 aromatic heterocycles. The van der Waals surface area contributed by atoms with Gasteiger partial charge in [-0.3, -0.25) is 9.59 Å². The van der Waals surface area contributed by atoms with Crippen molar-refractivity contribution in [1.82, 2.24) is 0 Å². The van der Waals surface area contributed by atoms with E-state index >= 15 is 0 Å². The van der Waals surface area contributed by atoms with Gasteiger partial charge in [0.15, 0.2) is 11.5 Å². The van der Waals surface area contributed by atoms with Gasteiger partial charge in [0.25, 0.3) is 5.91 Å². The third-order valence-electron chi connectivity index (χ3n) is 6.01. The van der Waals surface area contributed by atoms with Crippen LogP contribution >= 0.6 is 11.3 Å². The highest BCUT2D eigenvalue weighted by Gasteiger charge is 2.28. The first-order chi connectivity index (χ1) is 16.9. The molecular weight excluding hydrogens is 466 g/mol. The van der Waals surface area contributed by atoms with Gasteiger partial charge in [-0.1, -0.05) is 6.92 Å². The fraction of sp³-hybridized carbons (Fsp3) is 0.370. The fourth-order valence-electron chi connectivity index (χ4n) is 3.88. The SMILES string of the molecule is CCC(C)OC(=O)c1c(NC(=O)c2ccc(COc3ccc(C(C)=O)cc3)o2)sc2c1CCCC2. The number of amides is 1. The summed E-state index contributed by atoms with van der Waals surface area (Å²) in [6.07, 6.45) is 4.31. The summed E-state index contributed by atoms with van der Waals surface area (Å²) in [6.45, 7) is 5.46. The van der Waals surface area contributed by atoms with Crippen molar-refractivity contribution in [3.05, 3.63) is 69.5 Å². The minimum absolute atomic E-state index is 0.0128. The second-order valence-electron chi connectivity index (χ2n) is 8.63. The molecule has 1 unspecified atom stereocenters. The summed E-state index contributed by atoms with van der Waals surface area (Å²) < 4.78 is 17.0. The number of furan rings is 1. The Morgan fingerprint density at radius 2 is 1.83 bits per heavy atom. The minimum atomic E-state index is -0.432. The van der Waals surface area contributed by atoms with Crippen molar-refractivity contribution < 1.29 is 28.3 Å². The zero-order chi connectivity index (χ0) is 24.9. The molecule has 0 spiro atoms. The third kappa shape index (κ3) is 5.82. The van der Waals surface area contributed by atoms with E-state index in [0.717, 1.165) is 42.5 Å². The number of ether oxygens (including phenoxy) is 2. The number of benzene rings is 1. The largest absolute Gasteiger partial charge is 0.486 e. The second-order valence-corrected chi connectivity index (χ2v) is 9.73. The molecule has 1 atom stereocenters. The van der Waals surface area contributed by atoms with Gasteiger partial charge in [-0.25, -0.2) is 4.79 Å². The summed E-state index contributed by atoms with van der Waals surface area (Å²) in [5, 5.41) is 3.38. The quantitative estimate of drug-likeness (QED) is 0.280. The Labute approximate surface area is 208 Å². The van der Waals surface area contributed by atoms with Gasteiger partial charge >= 0.3 is 5.97 Å². The van der Waals surface area contributed by atoms with Crippen molar-refractivity contribution in [3.8, 4) is 5.75 Å². The highest BCUT2D eigenvalue weighted by atomic mass is 32.1. The van der Waals surface area contributed by atoms with Crippen LogP contribution in [0.5, 0.6) is 5.75 Å². The van der Waals surface area contributed by atoms with Gasteiger partial charge < -0.3 is 19.2 Å². The fourth-order valence-corrected chi connectivity index (χ4v) is 5.15. The van der Waals surface area contributed by atoms with E-state index in [4.69, 9.17) is 13.9 Å². The van der Waals surface area contributed by atoms with Gasteiger partial charge in [-0.2, -0.15) is 0 Å². The number of carbonyl (C=O) groups excluding carboxylic acids is 3. The Kier molecular flexibility index (Phi) is 7.70. The molecule has 1 N–H and O–H groups in total. The normalized spacial score (nSPS) is 13.6. The van der Waals surface area contributed by atoms with E-state index in [-0.39, 0.29) is 24.3 Å². The maximum Gasteiger partial charge on any atom is 0.341 e. The number of aryl methyl sites for hydroxylation is 1. The van der Waals surface area contributed by atoms with Crippen LogP contribution in [0.25, 0.3) is 0 Å². The average Bonchev–Trinajstić information content (AvgIpc) is 3.47. The number of thiophene rings is 1. The van der Waals surface area contributed by atoms with Crippen LogP contribution in [0.3, 0.4) is 0 Å². The first-order valence-electron chi connectivity index (χ1n) is 11.8. The molecule has 35 heavy (non-hydrogen) atoms. The molecule has 1 aromatic carbocycles. The molecule has 1 aliphatic rings. The lowest BCUT2D eigenvalue weighted by atomic mass is 9.95. The Balaban J connectivity index is 1.45. The van der Waals surface area contributed by atoms with Gasteiger partial charge in [0.05, 0.1) is 11.7 Å². The molecule has 0 fully saturated rings. The number of hydrogen-bond acceptors (Lipinski definition) is 7. The molecule has 184 valence electrons. The molecule has 0 radical (unpaired) electrons. The van der Waals surface area contributed by atoms with E-state index in [1.54, 1.807) is 36.4 Å². The van der Waals surface area contributed by atoms with Crippen LogP contribution in [-0.4, -0.2) is 23.8 Å². The molecule has 3 aromatic rings. The number of carbonyl (C=O) groups is 3. The summed E-state index contributed by atoms with van der Waals surface area (Å²) in [6, 6.07) is 10.1. The number of ketones is 1. The molecule has 1 aliphatic carbocycles. The Morgan fingerprint density at radius 1 is 1.09 bits per heavy atom. The van der Waals surface area contributed by atoms with E-state index in [1.807, 2.05) is 13.8 Å². The molecule has 0 aliphatic heterocycles. The van der Waals surface area contributed by atoms with E-state index in [2.05, 4.69) is 5.32 Å². The first kappa shape index (κ1) is 24.7. The Bertz CT molecular complexity index is 1220. The van der Waals surface area contributed by atoms with Crippen LogP contribution in [0.2, 0.25) is 0 Å². The van der Waals surface area contributed by atoms with Gasteiger partial charge in [-0.15, -0.1) is 11.3 Å². The molecule has 0 saturated carbocycles. The second kappa shape index (κ2) is 10.9. The van der Waals surface area contributed by atoms with Crippen molar-refractivity contribution in [1.29, 1.82) is 0 Å². The smallest absolute Gasteiger partial charge is 0.341 e. The summed E-state index contributed by atoms with van der Waals surface area (Å²) in [5.74, 6) is 0.361. The lowest BCUT2D eigenvalue weighted by Gasteiger charge is -2.15. The van der Waals surface area contributed by atoms with Crippen LogP contribution in [0.4, 0.5) is 5.00 Å². The maximum absolute atomic E-state index is 12.9. The zero-order valence-corrected chi connectivity index (χ0v) is 21.0. The molecule has 8 heteroatoms.